The number of pyridine rings is 1. The Morgan fingerprint density at radius 3 is 2.65 bits per heavy atom. The molecule has 1 N–H and O–H groups in total. The monoisotopic (exact) mass is 300 g/mol. The molecule has 0 amide bonds. The van der Waals surface area contributed by atoms with E-state index in [1.54, 1.807) is 0 Å². The van der Waals surface area contributed by atoms with Crippen molar-refractivity contribution in [1.29, 1.82) is 0 Å². The van der Waals surface area contributed by atoms with Gasteiger partial charge in [-0.2, -0.15) is 0 Å². The van der Waals surface area contributed by atoms with Crippen molar-refractivity contribution < 1.29 is 0 Å². The minimum Gasteiger partial charge on any atom is -0.305 e. The quantitative estimate of drug-likeness (QED) is 0.600. The van der Waals surface area contributed by atoms with Crippen molar-refractivity contribution in [2.45, 2.75) is 25.9 Å². The summed E-state index contributed by atoms with van der Waals surface area (Å²) in [5, 5.41) is 3.57. The van der Waals surface area contributed by atoms with Crippen LogP contribution in [-0.2, 0) is 13.0 Å². The van der Waals surface area contributed by atoms with Gasteiger partial charge in [0, 0.05) is 18.8 Å². The number of aromatic nitrogens is 1. The first-order chi connectivity index (χ1) is 11.3. The van der Waals surface area contributed by atoms with Crippen molar-refractivity contribution in [2.75, 3.05) is 0 Å². The molecule has 1 aromatic heterocycles. The van der Waals surface area contributed by atoms with Gasteiger partial charge in [-0.05, 0) is 53.3 Å². The summed E-state index contributed by atoms with van der Waals surface area (Å²) in [5.74, 6) is 0. The first kappa shape index (κ1) is 14.2. The molecule has 2 nitrogen and oxygen atoms in total. The molecular weight excluding hydrogens is 280 g/mol. The molecule has 0 bridgehead atoms. The molecule has 0 aliphatic heterocycles. The van der Waals surface area contributed by atoms with Crippen LogP contribution in [0.4, 0.5) is 0 Å². The first-order valence-electron chi connectivity index (χ1n) is 8.15. The van der Waals surface area contributed by atoms with Gasteiger partial charge in [0.25, 0.3) is 0 Å². The Morgan fingerprint density at radius 2 is 1.78 bits per heavy atom. The van der Waals surface area contributed by atoms with Crippen LogP contribution in [0.2, 0.25) is 0 Å². The molecular formula is C21H20N2. The normalized spacial score (nSPS) is 13.4. The van der Waals surface area contributed by atoms with Crippen LogP contribution in [0.15, 0.2) is 66.9 Å². The Labute approximate surface area is 137 Å². The highest BCUT2D eigenvalue weighted by Gasteiger charge is 2.18. The van der Waals surface area contributed by atoms with Crippen LogP contribution < -0.4 is 5.32 Å². The second kappa shape index (κ2) is 5.98. The summed E-state index contributed by atoms with van der Waals surface area (Å²) >= 11 is 0. The van der Waals surface area contributed by atoms with Crippen molar-refractivity contribution in [3.63, 3.8) is 0 Å². The number of nitrogens with zero attached hydrogens (tertiary/aromatic N) is 1. The molecule has 23 heavy (non-hydrogen) atoms. The molecule has 1 atom stereocenters. The third-order valence-electron chi connectivity index (χ3n) is 4.63. The summed E-state index contributed by atoms with van der Waals surface area (Å²) in [6.07, 6.45) is 2.89. The van der Waals surface area contributed by atoms with Gasteiger partial charge in [-0.3, -0.25) is 4.98 Å². The number of fused-ring (bicyclic) bond motifs is 3. The van der Waals surface area contributed by atoms with Crippen LogP contribution >= 0.6 is 0 Å². The molecule has 1 heterocycles. The van der Waals surface area contributed by atoms with Crippen LogP contribution in [0, 0.1) is 0 Å². The lowest BCUT2D eigenvalue weighted by Gasteiger charge is -2.15. The highest BCUT2D eigenvalue weighted by molar-refractivity contribution is 5.76. The van der Waals surface area contributed by atoms with Crippen LogP contribution in [0.1, 0.15) is 35.3 Å². The maximum atomic E-state index is 4.37. The fraction of sp³-hybridized carbons (Fsp3) is 0.190. The fourth-order valence-corrected chi connectivity index (χ4v) is 3.31. The Hall–Kier alpha value is -2.45. The van der Waals surface area contributed by atoms with E-state index < -0.39 is 0 Å². The van der Waals surface area contributed by atoms with Crippen LogP contribution in [-0.4, -0.2) is 4.98 Å². The molecule has 0 fully saturated rings. The van der Waals surface area contributed by atoms with E-state index in [2.05, 4.69) is 65.8 Å². The van der Waals surface area contributed by atoms with Gasteiger partial charge in [-0.15, -0.1) is 0 Å². The van der Waals surface area contributed by atoms with Crippen molar-refractivity contribution in [2.24, 2.45) is 0 Å². The van der Waals surface area contributed by atoms with E-state index >= 15 is 0 Å². The summed E-state index contributed by atoms with van der Waals surface area (Å²) in [6.45, 7) is 3.01. The van der Waals surface area contributed by atoms with Gasteiger partial charge < -0.3 is 5.32 Å². The molecule has 0 saturated heterocycles. The zero-order valence-electron chi connectivity index (χ0n) is 13.3. The zero-order valence-corrected chi connectivity index (χ0v) is 13.3. The van der Waals surface area contributed by atoms with E-state index in [-0.39, 0.29) is 0 Å². The predicted molar refractivity (Wildman–Crippen MR) is 94.2 cm³/mol. The molecule has 0 radical (unpaired) electrons. The van der Waals surface area contributed by atoms with Crippen molar-refractivity contribution in [3.05, 3.63) is 89.2 Å². The molecule has 4 rings (SSSR count). The molecule has 0 saturated carbocycles. The highest BCUT2D eigenvalue weighted by atomic mass is 14.9. The smallest absolute Gasteiger partial charge is 0.0541 e. The van der Waals surface area contributed by atoms with Gasteiger partial charge in [-0.1, -0.05) is 48.5 Å². The third kappa shape index (κ3) is 2.78. The summed E-state index contributed by atoms with van der Waals surface area (Å²) in [4.78, 5) is 4.37. The van der Waals surface area contributed by atoms with Gasteiger partial charge in [0.05, 0.1) is 5.69 Å². The first-order valence-corrected chi connectivity index (χ1v) is 8.15. The SMILES string of the molecule is CC(NCc1ccccn1)c1ccc2c(c1)Cc1ccccc1-2. The molecule has 1 unspecified atom stereocenters. The van der Waals surface area contributed by atoms with E-state index in [9.17, 15) is 0 Å². The average Bonchev–Trinajstić information content (AvgIpc) is 2.98. The van der Waals surface area contributed by atoms with Crippen molar-refractivity contribution >= 4 is 0 Å². The molecule has 2 heteroatoms. The minimum atomic E-state index is 0.311. The average molecular weight is 300 g/mol. The van der Waals surface area contributed by atoms with Gasteiger partial charge in [-0.25, -0.2) is 0 Å². The summed E-state index contributed by atoms with van der Waals surface area (Å²) in [7, 11) is 0. The molecule has 1 aliphatic rings. The molecule has 2 aromatic carbocycles. The van der Waals surface area contributed by atoms with Crippen LogP contribution in [0.5, 0.6) is 0 Å². The number of rotatable bonds is 4. The van der Waals surface area contributed by atoms with Crippen molar-refractivity contribution in [1.82, 2.24) is 10.3 Å². The maximum absolute atomic E-state index is 4.37. The van der Waals surface area contributed by atoms with E-state index in [0.717, 1.165) is 18.7 Å². The fourth-order valence-electron chi connectivity index (χ4n) is 3.31. The number of benzene rings is 2. The molecule has 0 spiro atoms. The standard InChI is InChI=1S/C21H20N2/c1-15(23-14-19-7-4-5-11-22-19)16-9-10-21-18(12-16)13-17-6-2-3-8-20(17)21/h2-12,15,23H,13-14H2,1H3. The molecule has 3 aromatic rings. The summed E-state index contributed by atoms with van der Waals surface area (Å²) < 4.78 is 0. The summed E-state index contributed by atoms with van der Waals surface area (Å²) in [6, 6.07) is 21.9. The minimum absolute atomic E-state index is 0.311. The lowest BCUT2D eigenvalue weighted by molar-refractivity contribution is 0.567. The Bertz CT molecular complexity index is 824. The van der Waals surface area contributed by atoms with Gasteiger partial charge >= 0.3 is 0 Å². The van der Waals surface area contributed by atoms with E-state index in [1.165, 1.54) is 27.8 Å². The largest absolute Gasteiger partial charge is 0.305 e. The zero-order chi connectivity index (χ0) is 15.6. The Kier molecular flexibility index (Phi) is 3.68. The maximum Gasteiger partial charge on any atom is 0.0541 e. The van der Waals surface area contributed by atoms with E-state index in [1.807, 2.05) is 18.3 Å². The third-order valence-corrected chi connectivity index (χ3v) is 4.63. The number of nitrogens with one attached hydrogen (secondary N) is 1. The lowest BCUT2D eigenvalue weighted by Crippen LogP contribution is -2.18. The summed E-state index contributed by atoms with van der Waals surface area (Å²) in [5.41, 5.74) is 8.08. The van der Waals surface area contributed by atoms with Gasteiger partial charge in [0.1, 0.15) is 0 Å². The van der Waals surface area contributed by atoms with Crippen LogP contribution in [0.3, 0.4) is 0 Å². The van der Waals surface area contributed by atoms with Gasteiger partial charge in [0.2, 0.25) is 0 Å². The number of hydrogen-bond acceptors (Lipinski definition) is 2. The van der Waals surface area contributed by atoms with Crippen LogP contribution in [0.25, 0.3) is 11.1 Å². The topological polar surface area (TPSA) is 24.9 Å². The predicted octanol–water partition coefficient (Wildman–Crippen LogP) is 4.50. The van der Waals surface area contributed by atoms with E-state index in [0.29, 0.717) is 6.04 Å². The Morgan fingerprint density at radius 1 is 0.957 bits per heavy atom. The Balaban J connectivity index is 1.51. The molecule has 114 valence electrons. The van der Waals surface area contributed by atoms with Crippen molar-refractivity contribution in [3.8, 4) is 11.1 Å². The highest BCUT2D eigenvalue weighted by Crippen LogP contribution is 2.37. The number of hydrogen-bond donors (Lipinski definition) is 1. The molecule has 1 aliphatic carbocycles. The second-order valence-electron chi connectivity index (χ2n) is 6.17. The van der Waals surface area contributed by atoms with Gasteiger partial charge in [0.15, 0.2) is 0 Å². The second-order valence-corrected chi connectivity index (χ2v) is 6.17. The van der Waals surface area contributed by atoms with E-state index in [4.69, 9.17) is 0 Å². The lowest BCUT2D eigenvalue weighted by atomic mass is 10.0.